The van der Waals surface area contributed by atoms with Gasteiger partial charge in [-0.25, -0.2) is 0 Å². The molecule has 4 aromatic carbocycles. The molecule has 0 N–H and O–H groups in total. The third kappa shape index (κ3) is 2.15. The van der Waals surface area contributed by atoms with Gasteiger partial charge in [0.15, 0.2) is 0 Å². The van der Waals surface area contributed by atoms with Crippen molar-refractivity contribution in [2.75, 3.05) is 0 Å². The summed E-state index contributed by atoms with van der Waals surface area (Å²) < 4.78 is 0. The highest BCUT2D eigenvalue weighted by atomic mass is 14.4. The molecule has 1 atom stereocenters. The molecule has 2 aliphatic carbocycles. The van der Waals surface area contributed by atoms with Crippen LogP contribution in [0.25, 0.3) is 33.0 Å². The molecule has 0 heterocycles. The zero-order valence-corrected chi connectivity index (χ0v) is 16.2. The molecular weight excluding hydrogens is 350 g/mol. The molecule has 0 saturated heterocycles. The Labute approximate surface area is 170 Å². The van der Waals surface area contributed by atoms with Crippen molar-refractivity contribution in [3.63, 3.8) is 0 Å². The molecule has 1 nitrogen and oxygen atoms in total. The lowest BCUT2D eigenvalue weighted by atomic mass is 9.87. The number of hydrogen-bond acceptors (Lipinski definition) is 1. The van der Waals surface area contributed by atoms with Gasteiger partial charge in [-0.2, -0.15) is 5.26 Å². The summed E-state index contributed by atoms with van der Waals surface area (Å²) in [7, 11) is 0. The Balaban J connectivity index is 1.78. The number of hydrogen-bond donors (Lipinski definition) is 0. The topological polar surface area (TPSA) is 23.8 Å². The lowest BCUT2D eigenvalue weighted by molar-refractivity contribution is 0.781. The van der Waals surface area contributed by atoms with Crippen LogP contribution in [0.4, 0.5) is 0 Å². The van der Waals surface area contributed by atoms with Crippen LogP contribution in [0.1, 0.15) is 34.7 Å². The van der Waals surface area contributed by atoms with Crippen LogP contribution in [0.3, 0.4) is 0 Å². The van der Waals surface area contributed by atoms with E-state index < -0.39 is 0 Å². The molecule has 0 unspecified atom stereocenters. The van der Waals surface area contributed by atoms with E-state index in [-0.39, 0.29) is 0 Å². The molecule has 0 aromatic heterocycles. The van der Waals surface area contributed by atoms with E-state index in [0.29, 0.717) is 5.92 Å². The van der Waals surface area contributed by atoms with Crippen molar-refractivity contribution in [3.8, 4) is 17.2 Å². The minimum Gasteiger partial charge on any atom is -0.192 e. The maximum atomic E-state index is 9.71. The molecule has 0 fully saturated rings. The zero-order valence-electron chi connectivity index (χ0n) is 16.2. The quantitative estimate of drug-likeness (QED) is 0.293. The van der Waals surface area contributed by atoms with Crippen molar-refractivity contribution in [1.82, 2.24) is 0 Å². The van der Waals surface area contributed by atoms with Gasteiger partial charge in [0.2, 0.25) is 0 Å². The zero-order chi connectivity index (χ0) is 19.5. The maximum Gasteiger partial charge on any atom is 0.0998 e. The van der Waals surface area contributed by atoms with Crippen molar-refractivity contribution in [2.45, 2.75) is 13.3 Å². The van der Waals surface area contributed by atoms with Gasteiger partial charge in [0, 0.05) is 5.39 Å². The lowest BCUT2D eigenvalue weighted by Gasteiger charge is -2.16. The van der Waals surface area contributed by atoms with Crippen LogP contribution in [-0.2, 0) is 6.42 Å². The molecule has 0 saturated carbocycles. The minimum absolute atomic E-state index is 0.413. The van der Waals surface area contributed by atoms with Gasteiger partial charge in [-0.1, -0.05) is 79.7 Å². The fourth-order valence-corrected chi connectivity index (χ4v) is 5.36. The maximum absolute atomic E-state index is 9.71. The summed E-state index contributed by atoms with van der Waals surface area (Å²) in [4.78, 5) is 0. The molecule has 2 aliphatic rings. The van der Waals surface area contributed by atoms with Crippen molar-refractivity contribution in [2.24, 2.45) is 5.92 Å². The number of rotatable bonds is 0. The van der Waals surface area contributed by atoms with E-state index >= 15 is 0 Å². The third-order valence-corrected chi connectivity index (χ3v) is 6.49. The summed E-state index contributed by atoms with van der Waals surface area (Å²) in [6.45, 7) is 2.33. The van der Waals surface area contributed by atoms with Gasteiger partial charge < -0.3 is 0 Å². The average molecular weight is 369 g/mol. The van der Waals surface area contributed by atoms with Crippen LogP contribution in [-0.4, -0.2) is 0 Å². The SMILES string of the molecule is C[C@H]1Cc2cc(C#N)c3ccccc3c2C1=C1c2ccccc2-c2ccccc21. The van der Waals surface area contributed by atoms with Gasteiger partial charge >= 0.3 is 0 Å². The number of allylic oxidation sites excluding steroid dienone is 1. The number of fused-ring (bicyclic) bond motifs is 6. The molecule has 1 heteroatoms. The first kappa shape index (κ1) is 16.3. The third-order valence-electron chi connectivity index (χ3n) is 6.49. The van der Waals surface area contributed by atoms with Crippen LogP contribution < -0.4 is 0 Å². The molecule has 0 radical (unpaired) electrons. The van der Waals surface area contributed by atoms with E-state index in [1.807, 2.05) is 6.07 Å². The Morgan fingerprint density at radius 2 is 1.31 bits per heavy atom. The highest BCUT2D eigenvalue weighted by Gasteiger charge is 2.33. The molecule has 136 valence electrons. The summed E-state index contributed by atoms with van der Waals surface area (Å²) in [5.74, 6) is 0.413. The summed E-state index contributed by atoms with van der Waals surface area (Å²) in [5, 5.41) is 12.0. The second-order valence-corrected chi connectivity index (χ2v) is 8.10. The lowest BCUT2D eigenvalue weighted by Crippen LogP contribution is -1.96. The molecule has 29 heavy (non-hydrogen) atoms. The molecular formula is C28H19N. The minimum atomic E-state index is 0.413. The van der Waals surface area contributed by atoms with Gasteiger partial charge in [-0.15, -0.1) is 0 Å². The first-order valence-corrected chi connectivity index (χ1v) is 10.2. The molecule has 6 rings (SSSR count). The van der Waals surface area contributed by atoms with Crippen LogP contribution in [0.15, 0.2) is 78.9 Å². The Bertz CT molecular complexity index is 1350. The number of nitrogens with zero attached hydrogens (tertiary/aromatic N) is 1. The molecule has 4 aromatic rings. The first-order valence-electron chi connectivity index (χ1n) is 10.2. The van der Waals surface area contributed by atoms with Crippen LogP contribution in [0.2, 0.25) is 0 Å². The Kier molecular flexibility index (Phi) is 3.34. The molecule has 0 spiro atoms. The highest BCUT2D eigenvalue weighted by molar-refractivity contribution is 6.15. The first-order chi connectivity index (χ1) is 14.3. The van der Waals surface area contributed by atoms with Gasteiger partial charge in [0.05, 0.1) is 11.6 Å². The second-order valence-electron chi connectivity index (χ2n) is 8.10. The normalized spacial score (nSPS) is 16.5. The van der Waals surface area contributed by atoms with E-state index in [0.717, 1.165) is 17.4 Å². The smallest absolute Gasteiger partial charge is 0.0998 e. The monoisotopic (exact) mass is 369 g/mol. The highest BCUT2D eigenvalue weighted by Crippen LogP contribution is 2.53. The van der Waals surface area contributed by atoms with Crippen molar-refractivity contribution in [3.05, 3.63) is 107 Å². The summed E-state index contributed by atoms with van der Waals surface area (Å²) >= 11 is 0. The number of nitriles is 1. The largest absolute Gasteiger partial charge is 0.192 e. The van der Waals surface area contributed by atoms with E-state index in [1.54, 1.807) is 0 Å². The van der Waals surface area contributed by atoms with Crippen LogP contribution in [0.5, 0.6) is 0 Å². The fourth-order valence-electron chi connectivity index (χ4n) is 5.36. The molecule has 0 bridgehead atoms. The molecule has 0 aliphatic heterocycles. The number of benzene rings is 4. The fraction of sp³-hybridized carbons (Fsp3) is 0.107. The summed E-state index contributed by atoms with van der Waals surface area (Å²) in [5.41, 5.74) is 11.5. The van der Waals surface area contributed by atoms with E-state index in [1.165, 1.54) is 49.9 Å². The van der Waals surface area contributed by atoms with E-state index in [9.17, 15) is 5.26 Å². The predicted molar refractivity (Wildman–Crippen MR) is 119 cm³/mol. The van der Waals surface area contributed by atoms with Gasteiger partial charge in [-0.05, 0) is 68.3 Å². The summed E-state index contributed by atoms with van der Waals surface area (Å²) in [6, 6.07) is 30.4. The van der Waals surface area contributed by atoms with Gasteiger partial charge in [0.25, 0.3) is 0 Å². The summed E-state index contributed by atoms with van der Waals surface area (Å²) in [6.07, 6.45) is 0.984. The Morgan fingerprint density at radius 3 is 1.93 bits per heavy atom. The van der Waals surface area contributed by atoms with Crippen molar-refractivity contribution >= 4 is 21.9 Å². The average Bonchev–Trinajstić information content (AvgIpc) is 3.27. The van der Waals surface area contributed by atoms with Crippen LogP contribution in [0, 0.1) is 17.2 Å². The van der Waals surface area contributed by atoms with E-state index in [2.05, 4.69) is 85.8 Å². The standard InChI is InChI=1S/C28H19N/c1-17-14-18-15-19(16-29)20-8-2-5-11-23(20)27(18)26(17)28-24-12-6-3-9-21(24)22-10-4-7-13-25(22)28/h2-13,15,17H,14H2,1H3/t17-/m0/s1. The van der Waals surface area contributed by atoms with Crippen molar-refractivity contribution < 1.29 is 0 Å². The Morgan fingerprint density at radius 1 is 0.759 bits per heavy atom. The predicted octanol–water partition coefficient (Wildman–Crippen LogP) is 6.84. The van der Waals surface area contributed by atoms with Crippen molar-refractivity contribution in [1.29, 1.82) is 5.26 Å². The van der Waals surface area contributed by atoms with Gasteiger partial charge in [-0.3, -0.25) is 0 Å². The van der Waals surface area contributed by atoms with Crippen LogP contribution >= 0.6 is 0 Å². The molecule has 0 amide bonds. The Hall–Kier alpha value is -3.63. The second kappa shape index (κ2) is 5.93. The van der Waals surface area contributed by atoms with Gasteiger partial charge in [0.1, 0.15) is 0 Å². The van der Waals surface area contributed by atoms with E-state index in [4.69, 9.17) is 0 Å².